The molecule has 0 bridgehead atoms. The van der Waals surface area contributed by atoms with Gasteiger partial charge in [0.05, 0.1) is 31.0 Å². The van der Waals surface area contributed by atoms with E-state index in [9.17, 15) is 0 Å². The highest BCUT2D eigenvalue weighted by atomic mass is 32.1. The number of morpholine rings is 1. The summed E-state index contributed by atoms with van der Waals surface area (Å²) in [5, 5.41) is 4.27. The molecular formula is C17H20N8OS. The zero-order valence-electron chi connectivity index (χ0n) is 14.8. The minimum atomic E-state index is 0.405. The topological polar surface area (TPSA) is 107 Å². The average Bonchev–Trinajstić information content (AvgIpc) is 3.44. The Hall–Kier alpha value is -2.72. The van der Waals surface area contributed by atoms with Gasteiger partial charge in [0, 0.05) is 32.0 Å². The van der Waals surface area contributed by atoms with Crippen molar-refractivity contribution in [1.29, 1.82) is 0 Å². The molecular weight excluding hydrogens is 364 g/mol. The van der Waals surface area contributed by atoms with Crippen molar-refractivity contribution in [3.05, 3.63) is 28.6 Å². The van der Waals surface area contributed by atoms with Gasteiger partial charge in [-0.1, -0.05) is 0 Å². The zero-order valence-corrected chi connectivity index (χ0v) is 15.6. The highest BCUT2D eigenvalue weighted by Crippen LogP contribution is 2.27. The predicted molar refractivity (Wildman–Crippen MR) is 105 cm³/mol. The lowest BCUT2D eigenvalue weighted by Gasteiger charge is -2.26. The van der Waals surface area contributed by atoms with Crippen molar-refractivity contribution in [2.45, 2.75) is 13.0 Å². The highest BCUT2D eigenvalue weighted by molar-refractivity contribution is 7.12. The fraction of sp³-hybridized carbons (Fsp3) is 0.412. The monoisotopic (exact) mass is 384 g/mol. The number of anilines is 2. The number of thiazole rings is 1. The van der Waals surface area contributed by atoms with E-state index in [1.54, 1.807) is 17.7 Å². The van der Waals surface area contributed by atoms with E-state index in [-0.39, 0.29) is 0 Å². The second kappa shape index (κ2) is 6.78. The molecule has 0 radical (unpaired) electrons. The molecule has 140 valence electrons. The van der Waals surface area contributed by atoms with Crippen LogP contribution in [0, 0.1) is 0 Å². The van der Waals surface area contributed by atoms with Crippen molar-refractivity contribution in [1.82, 2.24) is 29.8 Å². The Morgan fingerprint density at radius 3 is 2.93 bits per heavy atom. The summed E-state index contributed by atoms with van der Waals surface area (Å²) in [6, 6.07) is 0. The number of nitrogens with one attached hydrogen (secondary N) is 1. The molecule has 0 saturated carbocycles. The third-order valence-electron chi connectivity index (χ3n) is 4.76. The summed E-state index contributed by atoms with van der Waals surface area (Å²) in [5.74, 6) is 1.04. The SMILES string of the molecule is Nc1nc(N2CCOCC2)nc2c1ncn2Cc1ncc(C2=CNCC2)s1. The Balaban J connectivity index is 1.45. The van der Waals surface area contributed by atoms with Crippen LogP contribution < -0.4 is 16.0 Å². The van der Waals surface area contributed by atoms with Crippen LogP contribution in [0.3, 0.4) is 0 Å². The van der Waals surface area contributed by atoms with Crippen LogP contribution in [-0.4, -0.2) is 57.4 Å². The van der Waals surface area contributed by atoms with E-state index in [1.165, 1.54) is 10.5 Å². The van der Waals surface area contributed by atoms with Gasteiger partial charge >= 0.3 is 0 Å². The Kier molecular flexibility index (Phi) is 4.13. The molecule has 2 aliphatic rings. The van der Waals surface area contributed by atoms with Gasteiger partial charge in [0.25, 0.3) is 0 Å². The van der Waals surface area contributed by atoms with Crippen molar-refractivity contribution in [3.8, 4) is 0 Å². The smallest absolute Gasteiger partial charge is 0.229 e. The molecule has 10 heteroatoms. The van der Waals surface area contributed by atoms with Gasteiger partial charge in [-0.05, 0) is 12.0 Å². The first-order valence-corrected chi connectivity index (χ1v) is 9.78. The molecule has 9 nitrogen and oxygen atoms in total. The van der Waals surface area contributed by atoms with E-state index in [4.69, 9.17) is 15.5 Å². The predicted octanol–water partition coefficient (Wildman–Crippen LogP) is 1.08. The van der Waals surface area contributed by atoms with Crippen molar-refractivity contribution >= 4 is 39.8 Å². The maximum absolute atomic E-state index is 6.14. The van der Waals surface area contributed by atoms with Gasteiger partial charge in [-0.2, -0.15) is 9.97 Å². The minimum absolute atomic E-state index is 0.405. The maximum atomic E-state index is 6.14. The molecule has 5 rings (SSSR count). The van der Waals surface area contributed by atoms with Gasteiger partial charge < -0.3 is 25.3 Å². The third-order valence-corrected chi connectivity index (χ3v) is 5.82. The van der Waals surface area contributed by atoms with Crippen LogP contribution in [0.4, 0.5) is 11.8 Å². The van der Waals surface area contributed by atoms with Crippen LogP contribution in [0.25, 0.3) is 16.7 Å². The molecule has 3 aromatic heterocycles. The lowest BCUT2D eigenvalue weighted by molar-refractivity contribution is 0.122. The number of hydrogen-bond donors (Lipinski definition) is 2. The van der Waals surface area contributed by atoms with Crippen molar-refractivity contribution in [3.63, 3.8) is 0 Å². The van der Waals surface area contributed by atoms with E-state index < -0.39 is 0 Å². The number of hydrogen-bond acceptors (Lipinski definition) is 9. The minimum Gasteiger partial charge on any atom is -0.390 e. The maximum Gasteiger partial charge on any atom is 0.229 e. The summed E-state index contributed by atoms with van der Waals surface area (Å²) < 4.78 is 7.40. The van der Waals surface area contributed by atoms with Crippen LogP contribution in [0.15, 0.2) is 18.7 Å². The fourth-order valence-corrected chi connectivity index (χ4v) is 4.28. The second-order valence-corrected chi connectivity index (χ2v) is 7.66. The summed E-state index contributed by atoms with van der Waals surface area (Å²) in [7, 11) is 0. The zero-order chi connectivity index (χ0) is 18.2. The number of fused-ring (bicyclic) bond motifs is 1. The van der Waals surface area contributed by atoms with E-state index in [0.717, 1.165) is 36.7 Å². The molecule has 0 aliphatic carbocycles. The van der Waals surface area contributed by atoms with Crippen LogP contribution >= 0.6 is 11.3 Å². The normalized spacial score (nSPS) is 17.3. The van der Waals surface area contributed by atoms with Crippen LogP contribution in [0.1, 0.15) is 16.3 Å². The number of nitrogens with two attached hydrogens (primary N) is 1. The van der Waals surface area contributed by atoms with Gasteiger partial charge in [-0.15, -0.1) is 11.3 Å². The van der Waals surface area contributed by atoms with Crippen molar-refractivity contribution in [2.75, 3.05) is 43.5 Å². The van der Waals surface area contributed by atoms with Crippen molar-refractivity contribution in [2.24, 2.45) is 0 Å². The number of nitrogen functional groups attached to an aromatic ring is 1. The Labute approximate surface area is 159 Å². The first-order chi connectivity index (χ1) is 13.3. The molecule has 1 fully saturated rings. The summed E-state index contributed by atoms with van der Waals surface area (Å²) in [6.45, 7) is 4.48. The summed E-state index contributed by atoms with van der Waals surface area (Å²) in [4.78, 5) is 21.5. The summed E-state index contributed by atoms with van der Waals surface area (Å²) in [6.07, 6.45) is 6.82. The summed E-state index contributed by atoms with van der Waals surface area (Å²) in [5.41, 5.74) is 8.83. The Bertz CT molecular complexity index is 1000. The highest BCUT2D eigenvalue weighted by Gasteiger charge is 2.19. The lowest BCUT2D eigenvalue weighted by Crippen LogP contribution is -2.37. The Morgan fingerprint density at radius 1 is 1.22 bits per heavy atom. The van der Waals surface area contributed by atoms with Crippen LogP contribution in [0.5, 0.6) is 0 Å². The molecule has 0 aromatic carbocycles. The standard InChI is InChI=1S/C17H20N8OS/c18-15-14-16(23-17(22-15)24-3-5-26-6-4-24)25(10-21-14)9-13-20-8-12(27-13)11-1-2-19-7-11/h7-8,10,19H,1-6,9H2,(H2,18,22,23). The molecule has 2 aliphatic heterocycles. The lowest BCUT2D eigenvalue weighted by atomic mass is 10.2. The molecule has 3 N–H and O–H groups in total. The van der Waals surface area contributed by atoms with Gasteiger partial charge in [0.15, 0.2) is 11.5 Å². The molecule has 3 aromatic rings. The number of nitrogens with zero attached hydrogens (tertiary/aromatic N) is 6. The average molecular weight is 384 g/mol. The number of aromatic nitrogens is 5. The van der Waals surface area contributed by atoms with Gasteiger partial charge in [-0.25, -0.2) is 9.97 Å². The third kappa shape index (κ3) is 3.10. The van der Waals surface area contributed by atoms with E-state index in [2.05, 4.69) is 31.4 Å². The quantitative estimate of drug-likeness (QED) is 0.688. The largest absolute Gasteiger partial charge is 0.390 e. The molecule has 5 heterocycles. The summed E-state index contributed by atoms with van der Waals surface area (Å²) >= 11 is 1.70. The first-order valence-electron chi connectivity index (χ1n) is 8.96. The fourth-order valence-electron chi connectivity index (χ4n) is 3.32. The van der Waals surface area contributed by atoms with Gasteiger partial charge in [0.1, 0.15) is 10.5 Å². The van der Waals surface area contributed by atoms with Crippen LogP contribution in [0.2, 0.25) is 0 Å². The molecule has 0 atom stereocenters. The molecule has 0 unspecified atom stereocenters. The van der Waals surface area contributed by atoms with Crippen molar-refractivity contribution < 1.29 is 4.74 Å². The first kappa shape index (κ1) is 16.5. The van der Waals surface area contributed by atoms with Gasteiger partial charge in [-0.3, -0.25) is 0 Å². The van der Waals surface area contributed by atoms with E-state index in [0.29, 0.717) is 37.0 Å². The van der Waals surface area contributed by atoms with Gasteiger partial charge in [0.2, 0.25) is 5.95 Å². The second-order valence-electron chi connectivity index (χ2n) is 6.54. The number of ether oxygens (including phenoxy) is 1. The molecule has 0 amide bonds. The Morgan fingerprint density at radius 2 is 2.11 bits per heavy atom. The van der Waals surface area contributed by atoms with E-state index >= 15 is 0 Å². The number of imidazole rings is 1. The van der Waals surface area contributed by atoms with Crippen LogP contribution in [-0.2, 0) is 11.3 Å². The van der Waals surface area contributed by atoms with E-state index in [1.807, 2.05) is 10.8 Å². The number of rotatable bonds is 4. The molecule has 27 heavy (non-hydrogen) atoms. The molecule has 0 spiro atoms. The molecule has 1 saturated heterocycles.